The first-order valence-electron chi connectivity index (χ1n) is 9.69. The van der Waals surface area contributed by atoms with E-state index in [1.54, 1.807) is 24.1 Å². The molecule has 3 rings (SSSR count). The van der Waals surface area contributed by atoms with Crippen molar-refractivity contribution in [1.29, 1.82) is 0 Å². The molecule has 27 heavy (non-hydrogen) atoms. The monoisotopic (exact) mass is 376 g/mol. The summed E-state index contributed by atoms with van der Waals surface area (Å²) >= 11 is 0. The molecular weight excluding hydrogens is 348 g/mol. The fourth-order valence-corrected chi connectivity index (χ4v) is 3.38. The highest BCUT2D eigenvalue weighted by molar-refractivity contribution is 5.93. The van der Waals surface area contributed by atoms with Gasteiger partial charge in [-0.1, -0.05) is 0 Å². The number of hydrogen-bond donors (Lipinski definition) is 2. The number of aromatic nitrogens is 1. The van der Waals surface area contributed by atoms with E-state index in [1.165, 1.54) is 0 Å². The molecule has 1 atom stereocenters. The summed E-state index contributed by atoms with van der Waals surface area (Å²) in [5.41, 5.74) is 1.25. The number of carbonyl (C=O) groups excluding carboxylic acids is 2. The van der Waals surface area contributed by atoms with Crippen molar-refractivity contribution in [3.05, 3.63) is 24.0 Å². The smallest absolute Gasteiger partial charge is 0.409 e. The second-order valence-corrected chi connectivity index (χ2v) is 6.88. The Morgan fingerprint density at radius 1 is 1.33 bits per heavy atom. The Hall–Kier alpha value is -2.35. The molecule has 1 unspecified atom stereocenters. The number of nitrogens with zero attached hydrogens (tertiary/aromatic N) is 2. The third kappa shape index (κ3) is 5.56. The van der Waals surface area contributed by atoms with E-state index in [4.69, 9.17) is 9.47 Å². The highest BCUT2D eigenvalue weighted by Crippen LogP contribution is 2.15. The van der Waals surface area contributed by atoms with Crippen molar-refractivity contribution in [2.24, 2.45) is 0 Å². The van der Waals surface area contributed by atoms with Gasteiger partial charge in [0.05, 0.1) is 12.7 Å². The predicted molar refractivity (Wildman–Crippen MR) is 101 cm³/mol. The largest absolute Gasteiger partial charge is 0.450 e. The Labute approximate surface area is 159 Å². The molecule has 1 aromatic heterocycles. The lowest BCUT2D eigenvalue weighted by Crippen LogP contribution is -2.46. The van der Waals surface area contributed by atoms with Crippen LogP contribution in [0.4, 0.5) is 10.5 Å². The summed E-state index contributed by atoms with van der Waals surface area (Å²) in [4.78, 5) is 30.1. The van der Waals surface area contributed by atoms with Crippen LogP contribution in [0.5, 0.6) is 0 Å². The number of carbonyl (C=O) groups is 2. The molecule has 2 amide bonds. The number of piperidine rings is 1. The van der Waals surface area contributed by atoms with Crippen molar-refractivity contribution in [2.75, 3.05) is 38.2 Å². The van der Waals surface area contributed by atoms with Gasteiger partial charge >= 0.3 is 6.09 Å². The average Bonchev–Trinajstić information content (AvgIpc) is 3.21. The molecule has 0 aromatic carbocycles. The van der Waals surface area contributed by atoms with E-state index in [1.807, 2.05) is 6.07 Å². The van der Waals surface area contributed by atoms with Crippen molar-refractivity contribution >= 4 is 17.7 Å². The van der Waals surface area contributed by atoms with Crippen LogP contribution in [0, 0.1) is 0 Å². The standard InChI is InChI=1S/C19H28N4O4/c1-2-26-19(25)23-9-6-14(7-10-23)22-18(24)17-12-15(5-8-20-17)21-13-16-4-3-11-27-16/h5,8,12,14,16H,2-4,6-7,9-11,13H2,1H3,(H,20,21)(H,22,24). The normalized spacial score (nSPS) is 20.3. The third-order valence-electron chi connectivity index (χ3n) is 4.91. The molecule has 2 aliphatic heterocycles. The molecule has 0 saturated carbocycles. The molecule has 0 spiro atoms. The maximum atomic E-state index is 12.5. The number of amides is 2. The summed E-state index contributed by atoms with van der Waals surface area (Å²) < 4.78 is 10.6. The van der Waals surface area contributed by atoms with Gasteiger partial charge in [-0.15, -0.1) is 0 Å². The average molecular weight is 376 g/mol. The molecular formula is C19H28N4O4. The second kappa shape index (κ2) is 9.55. The summed E-state index contributed by atoms with van der Waals surface area (Å²) in [6.45, 7) is 4.89. The molecule has 8 heteroatoms. The maximum absolute atomic E-state index is 12.5. The highest BCUT2D eigenvalue weighted by Gasteiger charge is 2.25. The van der Waals surface area contributed by atoms with E-state index in [0.29, 0.717) is 38.2 Å². The number of ether oxygens (including phenoxy) is 2. The minimum absolute atomic E-state index is 0.0356. The van der Waals surface area contributed by atoms with Crippen LogP contribution in [0.25, 0.3) is 0 Å². The van der Waals surface area contributed by atoms with Crippen LogP contribution >= 0.6 is 0 Å². The van der Waals surface area contributed by atoms with Gasteiger partial charge in [-0.3, -0.25) is 9.78 Å². The van der Waals surface area contributed by atoms with Crippen LogP contribution < -0.4 is 10.6 Å². The molecule has 3 heterocycles. The van der Waals surface area contributed by atoms with Gasteiger partial charge in [0.25, 0.3) is 5.91 Å². The lowest BCUT2D eigenvalue weighted by Gasteiger charge is -2.31. The number of pyridine rings is 1. The predicted octanol–water partition coefficient (Wildman–Crippen LogP) is 2.02. The lowest BCUT2D eigenvalue weighted by atomic mass is 10.1. The summed E-state index contributed by atoms with van der Waals surface area (Å²) in [6.07, 6.45) is 5.18. The minimum atomic E-state index is -0.283. The SMILES string of the molecule is CCOC(=O)N1CCC(NC(=O)c2cc(NCC3CCCO3)ccn2)CC1. The Kier molecular flexibility index (Phi) is 6.86. The highest BCUT2D eigenvalue weighted by atomic mass is 16.6. The first-order valence-corrected chi connectivity index (χ1v) is 9.69. The Balaban J connectivity index is 1.46. The van der Waals surface area contributed by atoms with Crippen molar-refractivity contribution < 1.29 is 19.1 Å². The fourth-order valence-electron chi connectivity index (χ4n) is 3.38. The van der Waals surface area contributed by atoms with Gasteiger partial charge in [-0.2, -0.15) is 0 Å². The van der Waals surface area contributed by atoms with E-state index < -0.39 is 0 Å². The number of anilines is 1. The van der Waals surface area contributed by atoms with E-state index in [0.717, 1.165) is 31.7 Å². The molecule has 0 aliphatic carbocycles. The van der Waals surface area contributed by atoms with Crippen LogP contribution in [-0.4, -0.2) is 66.9 Å². The number of hydrogen-bond acceptors (Lipinski definition) is 6. The van der Waals surface area contributed by atoms with Gasteiger partial charge in [0.1, 0.15) is 5.69 Å². The van der Waals surface area contributed by atoms with Gasteiger partial charge in [0, 0.05) is 44.2 Å². The van der Waals surface area contributed by atoms with Gasteiger partial charge in [-0.25, -0.2) is 4.79 Å². The van der Waals surface area contributed by atoms with Crippen LogP contribution in [0.1, 0.15) is 43.1 Å². The van der Waals surface area contributed by atoms with Crippen molar-refractivity contribution in [3.63, 3.8) is 0 Å². The Bertz CT molecular complexity index is 640. The van der Waals surface area contributed by atoms with Crippen LogP contribution in [0.3, 0.4) is 0 Å². The number of nitrogens with one attached hydrogen (secondary N) is 2. The number of rotatable bonds is 6. The molecule has 2 saturated heterocycles. The zero-order valence-electron chi connectivity index (χ0n) is 15.8. The molecule has 0 bridgehead atoms. The quantitative estimate of drug-likeness (QED) is 0.789. The van der Waals surface area contributed by atoms with E-state index in [2.05, 4.69) is 15.6 Å². The fraction of sp³-hybridized carbons (Fsp3) is 0.632. The van der Waals surface area contributed by atoms with Crippen molar-refractivity contribution in [1.82, 2.24) is 15.2 Å². The third-order valence-corrected chi connectivity index (χ3v) is 4.91. The van der Waals surface area contributed by atoms with Gasteiger partial charge in [0.2, 0.25) is 0 Å². The lowest BCUT2D eigenvalue weighted by molar-refractivity contribution is 0.0856. The molecule has 0 radical (unpaired) electrons. The molecule has 2 aliphatic rings. The minimum Gasteiger partial charge on any atom is -0.450 e. The van der Waals surface area contributed by atoms with Crippen molar-refractivity contribution in [2.45, 2.75) is 44.8 Å². The maximum Gasteiger partial charge on any atom is 0.409 e. The zero-order valence-corrected chi connectivity index (χ0v) is 15.8. The Morgan fingerprint density at radius 3 is 2.85 bits per heavy atom. The molecule has 148 valence electrons. The molecule has 1 aromatic rings. The summed E-state index contributed by atoms with van der Waals surface area (Å²) in [5, 5.41) is 6.33. The summed E-state index contributed by atoms with van der Waals surface area (Å²) in [6, 6.07) is 3.65. The van der Waals surface area contributed by atoms with E-state index in [-0.39, 0.29) is 24.1 Å². The van der Waals surface area contributed by atoms with Crippen molar-refractivity contribution in [3.8, 4) is 0 Å². The molecule has 2 N–H and O–H groups in total. The zero-order chi connectivity index (χ0) is 19.1. The van der Waals surface area contributed by atoms with Crippen LogP contribution in [0.2, 0.25) is 0 Å². The van der Waals surface area contributed by atoms with Crippen LogP contribution in [-0.2, 0) is 9.47 Å². The second-order valence-electron chi connectivity index (χ2n) is 6.88. The number of likely N-dealkylation sites (tertiary alicyclic amines) is 1. The van der Waals surface area contributed by atoms with Crippen LogP contribution in [0.15, 0.2) is 18.3 Å². The first-order chi connectivity index (χ1) is 13.2. The Morgan fingerprint density at radius 2 is 2.15 bits per heavy atom. The summed E-state index contributed by atoms with van der Waals surface area (Å²) in [5.74, 6) is -0.189. The summed E-state index contributed by atoms with van der Waals surface area (Å²) in [7, 11) is 0. The molecule has 2 fully saturated rings. The first kappa shape index (κ1) is 19.4. The van der Waals surface area contributed by atoms with Gasteiger partial charge in [-0.05, 0) is 44.7 Å². The van der Waals surface area contributed by atoms with E-state index >= 15 is 0 Å². The van der Waals surface area contributed by atoms with Gasteiger partial charge in [0.15, 0.2) is 0 Å². The topological polar surface area (TPSA) is 92.8 Å². The van der Waals surface area contributed by atoms with E-state index in [9.17, 15) is 9.59 Å². The molecule has 8 nitrogen and oxygen atoms in total. The van der Waals surface area contributed by atoms with Gasteiger partial charge < -0.3 is 25.0 Å².